The average Bonchev–Trinajstić information content (AvgIpc) is 2.38. The molecule has 17 heavy (non-hydrogen) atoms. The first kappa shape index (κ1) is 12.0. The Morgan fingerprint density at radius 1 is 1.18 bits per heavy atom. The molecule has 5 heteroatoms. The van der Waals surface area contributed by atoms with Crippen molar-refractivity contribution in [1.29, 1.82) is 0 Å². The molecular formula is C12H13BrN4. The van der Waals surface area contributed by atoms with Gasteiger partial charge in [-0.25, -0.2) is 9.97 Å². The number of halogens is 1. The van der Waals surface area contributed by atoms with Crippen molar-refractivity contribution in [3.63, 3.8) is 0 Å². The zero-order valence-corrected chi connectivity index (χ0v) is 10.8. The van der Waals surface area contributed by atoms with Crippen LogP contribution in [0, 0.1) is 0 Å². The maximum atomic E-state index is 5.55. The van der Waals surface area contributed by atoms with Crippen molar-refractivity contribution in [1.82, 2.24) is 9.97 Å². The molecule has 3 N–H and O–H groups in total. The van der Waals surface area contributed by atoms with Gasteiger partial charge < -0.3 is 11.1 Å². The molecular weight excluding hydrogens is 280 g/mol. The molecule has 1 aromatic carbocycles. The standard InChI is InChI=1S/C12H13BrN4/c13-11-7-15-8-17-12(11)16-6-10-3-1-9(5-14)2-4-10/h1-4,7-8H,5-6,14H2,(H,15,16,17). The van der Waals surface area contributed by atoms with Crippen molar-refractivity contribution in [3.8, 4) is 0 Å². The maximum absolute atomic E-state index is 5.55. The van der Waals surface area contributed by atoms with Gasteiger partial charge in [-0.1, -0.05) is 24.3 Å². The van der Waals surface area contributed by atoms with Crippen LogP contribution in [0.2, 0.25) is 0 Å². The molecule has 88 valence electrons. The van der Waals surface area contributed by atoms with E-state index in [0.29, 0.717) is 6.54 Å². The molecule has 1 aromatic heterocycles. The van der Waals surface area contributed by atoms with Gasteiger partial charge in [-0.05, 0) is 27.1 Å². The van der Waals surface area contributed by atoms with E-state index in [0.717, 1.165) is 22.4 Å². The minimum atomic E-state index is 0.575. The number of aromatic nitrogens is 2. The Balaban J connectivity index is 2.00. The van der Waals surface area contributed by atoms with Gasteiger partial charge in [-0.2, -0.15) is 0 Å². The van der Waals surface area contributed by atoms with Crippen LogP contribution in [0.5, 0.6) is 0 Å². The van der Waals surface area contributed by atoms with E-state index in [4.69, 9.17) is 5.73 Å². The third kappa shape index (κ3) is 3.25. The van der Waals surface area contributed by atoms with Gasteiger partial charge in [0.25, 0.3) is 0 Å². The van der Waals surface area contributed by atoms with E-state index in [9.17, 15) is 0 Å². The molecule has 0 amide bonds. The van der Waals surface area contributed by atoms with Crippen molar-refractivity contribution in [2.45, 2.75) is 13.1 Å². The lowest BCUT2D eigenvalue weighted by molar-refractivity contribution is 1.05. The second-order valence-electron chi connectivity index (χ2n) is 3.59. The molecule has 0 spiro atoms. The van der Waals surface area contributed by atoms with Crippen molar-refractivity contribution in [3.05, 3.63) is 52.4 Å². The molecule has 0 aliphatic carbocycles. The number of rotatable bonds is 4. The molecule has 4 nitrogen and oxygen atoms in total. The fraction of sp³-hybridized carbons (Fsp3) is 0.167. The molecule has 2 rings (SSSR count). The number of hydrogen-bond acceptors (Lipinski definition) is 4. The highest BCUT2D eigenvalue weighted by Gasteiger charge is 2.00. The van der Waals surface area contributed by atoms with Crippen LogP contribution in [0.3, 0.4) is 0 Å². The molecule has 0 saturated heterocycles. The van der Waals surface area contributed by atoms with Crippen LogP contribution in [-0.2, 0) is 13.1 Å². The largest absolute Gasteiger partial charge is 0.365 e. The summed E-state index contributed by atoms with van der Waals surface area (Å²) in [6, 6.07) is 8.19. The number of nitrogens with two attached hydrogens (primary N) is 1. The predicted molar refractivity (Wildman–Crippen MR) is 71.4 cm³/mol. The summed E-state index contributed by atoms with van der Waals surface area (Å²) < 4.78 is 0.860. The van der Waals surface area contributed by atoms with Crippen LogP contribution in [0.1, 0.15) is 11.1 Å². The van der Waals surface area contributed by atoms with Gasteiger partial charge in [0.05, 0.1) is 4.47 Å². The first-order valence-electron chi connectivity index (χ1n) is 5.27. The summed E-state index contributed by atoms with van der Waals surface area (Å²) in [5.41, 5.74) is 7.87. The summed E-state index contributed by atoms with van der Waals surface area (Å²) in [6.07, 6.45) is 3.23. The second kappa shape index (κ2) is 5.75. The number of nitrogens with one attached hydrogen (secondary N) is 1. The Kier molecular flexibility index (Phi) is 4.06. The zero-order chi connectivity index (χ0) is 12.1. The molecule has 0 aliphatic rings. The van der Waals surface area contributed by atoms with Gasteiger partial charge in [-0.15, -0.1) is 0 Å². The molecule has 0 atom stereocenters. The van der Waals surface area contributed by atoms with Crippen molar-refractivity contribution in [2.75, 3.05) is 5.32 Å². The molecule has 0 saturated carbocycles. The quantitative estimate of drug-likeness (QED) is 0.908. The Labute approximate surface area is 108 Å². The minimum absolute atomic E-state index is 0.575. The fourth-order valence-electron chi connectivity index (χ4n) is 1.42. The van der Waals surface area contributed by atoms with Gasteiger partial charge in [-0.3, -0.25) is 0 Å². The average molecular weight is 293 g/mol. The SMILES string of the molecule is NCc1ccc(CNc2ncncc2Br)cc1. The zero-order valence-electron chi connectivity index (χ0n) is 9.23. The molecule has 0 fully saturated rings. The smallest absolute Gasteiger partial charge is 0.144 e. The fourth-order valence-corrected chi connectivity index (χ4v) is 1.78. The second-order valence-corrected chi connectivity index (χ2v) is 4.45. The normalized spacial score (nSPS) is 10.2. The summed E-state index contributed by atoms with van der Waals surface area (Å²) in [4.78, 5) is 8.05. The maximum Gasteiger partial charge on any atom is 0.144 e. The van der Waals surface area contributed by atoms with Gasteiger partial charge in [0.15, 0.2) is 0 Å². The topological polar surface area (TPSA) is 63.8 Å². The third-order valence-electron chi connectivity index (χ3n) is 2.39. The summed E-state index contributed by atoms with van der Waals surface area (Å²) in [5, 5.41) is 3.24. The van der Waals surface area contributed by atoms with Crippen LogP contribution in [0.25, 0.3) is 0 Å². The van der Waals surface area contributed by atoms with E-state index in [1.54, 1.807) is 6.20 Å². The first-order valence-corrected chi connectivity index (χ1v) is 6.06. The highest BCUT2D eigenvalue weighted by atomic mass is 79.9. The molecule has 1 heterocycles. The van der Waals surface area contributed by atoms with Gasteiger partial charge >= 0.3 is 0 Å². The lowest BCUT2D eigenvalue weighted by Gasteiger charge is -2.07. The summed E-state index contributed by atoms with van der Waals surface area (Å²) in [5.74, 6) is 0.794. The van der Waals surface area contributed by atoms with Gasteiger partial charge in [0, 0.05) is 19.3 Å². The molecule has 0 aliphatic heterocycles. The van der Waals surface area contributed by atoms with Crippen molar-refractivity contribution < 1.29 is 0 Å². The van der Waals surface area contributed by atoms with E-state index in [2.05, 4.69) is 43.3 Å². The van der Waals surface area contributed by atoms with E-state index in [1.807, 2.05) is 12.1 Å². The Morgan fingerprint density at radius 2 is 1.88 bits per heavy atom. The highest BCUT2D eigenvalue weighted by Crippen LogP contribution is 2.17. The van der Waals surface area contributed by atoms with Crippen molar-refractivity contribution >= 4 is 21.7 Å². The van der Waals surface area contributed by atoms with Gasteiger partial charge in [0.1, 0.15) is 12.1 Å². The van der Waals surface area contributed by atoms with Crippen LogP contribution in [0.4, 0.5) is 5.82 Å². The van der Waals surface area contributed by atoms with Crippen LogP contribution < -0.4 is 11.1 Å². The molecule has 0 bridgehead atoms. The number of nitrogens with zero attached hydrogens (tertiary/aromatic N) is 2. The van der Waals surface area contributed by atoms with Crippen LogP contribution in [0.15, 0.2) is 41.3 Å². The van der Waals surface area contributed by atoms with E-state index >= 15 is 0 Å². The Morgan fingerprint density at radius 3 is 2.53 bits per heavy atom. The lowest BCUT2D eigenvalue weighted by atomic mass is 10.1. The van der Waals surface area contributed by atoms with Gasteiger partial charge in [0.2, 0.25) is 0 Å². The van der Waals surface area contributed by atoms with E-state index in [-0.39, 0.29) is 0 Å². The molecule has 0 radical (unpaired) electrons. The van der Waals surface area contributed by atoms with Crippen molar-refractivity contribution in [2.24, 2.45) is 5.73 Å². The third-order valence-corrected chi connectivity index (χ3v) is 2.97. The number of anilines is 1. The molecule has 2 aromatic rings. The highest BCUT2D eigenvalue weighted by molar-refractivity contribution is 9.10. The lowest BCUT2D eigenvalue weighted by Crippen LogP contribution is -2.03. The van der Waals surface area contributed by atoms with E-state index < -0.39 is 0 Å². The number of hydrogen-bond donors (Lipinski definition) is 2. The first-order chi connectivity index (χ1) is 8.29. The Hall–Kier alpha value is -1.46. The summed E-state index contributed by atoms with van der Waals surface area (Å²) in [7, 11) is 0. The van der Waals surface area contributed by atoms with Crippen LogP contribution in [-0.4, -0.2) is 9.97 Å². The van der Waals surface area contributed by atoms with Crippen LogP contribution >= 0.6 is 15.9 Å². The predicted octanol–water partition coefficient (Wildman–Crippen LogP) is 2.31. The minimum Gasteiger partial charge on any atom is -0.365 e. The molecule has 0 unspecified atom stereocenters. The monoisotopic (exact) mass is 292 g/mol. The number of benzene rings is 1. The summed E-state index contributed by atoms with van der Waals surface area (Å²) >= 11 is 3.39. The van der Waals surface area contributed by atoms with E-state index in [1.165, 1.54) is 11.9 Å². The Bertz CT molecular complexity index is 484. The summed E-state index contributed by atoms with van der Waals surface area (Å²) in [6.45, 7) is 1.30.